The Morgan fingerprint density at radius 1 is 1.78 bits per heavy atom. The van der Waals surface area contributed by atoms with Gasteiger partial charge in [0.15, 0.2) is 0 Å². The van der Waals surface area contributed by atoms with Crippen LogP contribution in [0.2, 0.25) is 0 Å². The van der Waals surface area contributed by atoms with Crippen LogP contribution in [0, 0.1) is 0 Å². The number of hydrogen-bond donors (Lipinski definition) is 0. The third kappa shape index (κ3) is 4.21. The first kappa shape index (κ1) is 8.69. The molecular weight excluding hydrogens is 147 g/mol. The number of carbonyl (C=O) groups is 1. The Morgan fingerprint density at radius 2 is 2.22 bits per heavy atom. The maximum absolute atomic E-state index is 11.8. The van der Waals surface area contributed by atoms with Crippen molar-refractivity contribution >= 4 is 17.0 Å². The van der Waals surface area contributed by atoms with Gasteiger partial charge in [-0.2, -0.15) is 0 Å². The van der Waals surface area contributed by atoms with Gasteiger partial charge in [-0.15, -0.1) is 0 Å². The van der Waals surface area contributed by atoms with Gasteiger partial charge in [-0.3, -0.25) is 0 Å². The van der Waals surface area contributed by atoms with Crippen LogP contribution >= 0.6 is 11.6 Å². The highest BCUT2D eigenvalue weighted by Crippen LogP contribution is 2.10. The molecule has 4 heteroatoms. The molecule has 0 aliphatic carbocycles. The molecular formula is C5H8ClFO2. The first-order valence-corrected chi connectivity index (χ1v) is 2.80. The van der Waals surface area contributed by atoms with Gasteiger partial charge in [-0.1, -0.05) is 0 Å². The van der Waals surface area contributed by atoms with Crippen molar-refractivity contribution in [1.82, 2.24) is 0 Å². The average molecular weight is 155 g/mol. The van der Waals surface area contributed by atoms with Gasteiger partial charge >= 0.3 is 5.43 Å². The van der Waals surface area contributed by atoms with Crippen molar-refractivity contribution in [3.05, 3.63) is 0 Å². The van der Waals surface area contributed by atoms with Gasteiger partial charge in [-0.05, 0) is 13.8 Å². The Labute approximate surface area is 57.9 Å². The van der Waals surface area contributed by atoms with E-state index in [0.29, 0.717) is 0 Å². The molecule has 0 saturated heterocycles. The molecule has 9 heavy (non-hydrogen) atoms. The van der Waals surface area contributed by atoms with E-state index in [4.69, 9.17) is 11.6 Å². The lowest BCUT2D eigenvalue weighted by Crippen LogP contribution is -2.27. The van der Waals surface area contributed by atoms with Crippen LogP contribution in [0.5, 0.6) is 0 Å². The second-order valence-corrected chi connectivity index (χ2v) is 2.54. The Bertz CT molecular complexity index is 114. The zero-order valence-electron chi connectivity index (χ0n) is 5.28. The van der Waals surface area contributed by atoms with Gasteiger partial charge in [0.1, 0.15) is 12.3 Å². The van der Waals surface area contributed by atoms with Gasteiger partial charge in [0, 0.05) is 11.6 Å². The van der Waals surface area contributed by atoms with Crippen LogP contribution in [-0.4, -0.2) is 17.7 Å². The highest BCUT2D eigenvalue weighted by Gasteiger charge is 2.21. The summed E-state index contributed by atoms with van der Waals surface area (Å²) in [5.74, 6) is 0. The molecule has 0 rings (SSSR count). The number of ether oxygens (including phenoxy) is 1. The van der Waals surface area contributed by atoms with E-state index in [1.54, 1.807) is 0 Å². The zero-order chi connectivity index (χ0) is 7.49. The first-order valence-electron chi connectivity index (χ1n) is 2.42. The van der Waals surface area contributed by atoms with Crippen molar-refractivity contribution in [1.29, 1.82) is 0 Å². The Balaban J connectivity index is 3.71. The van der Waals surface area contributed by atoms with E-state index in [1.807, 2.05) is 0 Å². The van der Waals surface area contributed by atoms with E-state index in [9.17, 15) is 9.18 Å². The average Bonchev–Trinajstić information content (AvgIpc) is 1.63. The molecule has 0 unspecified atom stereocenters. The minimum absolute atomic E-state index is 0.731. The van der Waals surface area contributed by atoms with Crippen molar-refractivity contribution < 1.29 is 13.9 Å². The van der Waals surface area contributed by atoms with E-state index < -0.39 is 17.7 Å². The van der Waals surface area contributed by atoms with E-state index in [1.165, 1.54) is 13.8 Å². The van der Waals surface area contributed by atoms with Crippen LogP contribution in [0.25, 0.3) is 0 Å². The van der Waals surface area contributed by atoms with Crippen molar-refractivity contribution in [2.45, 2.75) is 19.4 Å². The molecule has 0 saturated carbocycles. The van der Waals surface area contributed by atoms with Gasteiger partial charge < -0.3 is 4.74 Å². The number of rotatable bonds is 2. The third-order valence-corrected chi connectivity index (χ3v) is 0.756. The van der Waals surface area contributed by atoms with E-state index in [2.05, 4.69) is 4.74 Å². The van der Waals surface area contributed by atoms with Gasteiger partial charge in [-0.25, -0.2) is 9.18 Å². The molecule has 0 aromatic carbocycles. The van der Waals surface area contributed by atoms with Crippen LogP contribution in [0.4, 0.5) is 9.18 Å². The van der Waals surface area contributed by atoms with Gasteiger partial charge in [0.25, 0.3) is 0 Å². The van der Waals surface area contributed by atoms with Crippen molar-refractivity contribution in [2.24, 2.45) is 0 Å². The molecule has 0 atom stereocenters. The number of hydrogen-bond acceptors (Lipinski definition) is 2. The zero-order valence-corrected chi connectivity index (χ0v) is 6.04. The lowest BCUT2D eigenvalue weighted by Gasteiger charge is -2.18. The number of alkyl halides is 1. The molecule has 0 bridgehead atoms. The molecule has 0 radical (unpaired) electrons. The molecule has 0 spiro atoms. The summed E-state index contributed by atoms with van der Waals surface area (Å²) in [7, 11) is 0. The summed E-state index contributed by atoms with van der Waals surface area (Å²) in [5.41, 5.74) is -2.06. The van der Waals surface area contributed by atoms with Crippen LogP contribution in [-0.2, 0) is 4.74 Å². The van der Waals surface area contributed by atoms with E-state index in [-0.39, 0.29) is 0 Å². The maximum Gasteiger partial charge on any atom is 0.404 e. The SMILES string of the molecule is CC(C)(CF)OC(=O)Cl. The number of halogens is 2. The quantitative estimate of drug-likeness (QED) is 0.570. The highest BCUT2D eigenvalue weighted by atomic mass is 35.5. The minimum atomic E-state index is -1.08. The minimum Gasteiger partial charge on any atom is -0.445 e. The van der Waals surface area contributed by atoms with E-state index >= 15 is 0 Å². The largest absolute Gasteiger partial charge is 0.445 e. The predicted octanol–water partition coefficient (Wildman–Crippen LogP) is 2.11. The molecule has 0 aliphatic heterocycles. The molecule has 54 valence electrons. The summed E-state index contributed by atoms with van der Waals surface area (Å²) in [6.45, 7) is 2.14. The van der Waals surface area contributed by atoms with E-state index in [0.717, 1.165) is 0 Å². The Hall–Kier alpha value is -0.310. The van der Waals surface area contributed by atoms with Crippen LogP contribution in [0.3, 0.4) is 0 Å². The van der Waals surface area contributed by atoms with Gasteiger partial charge in [0.2, 0.25) is 0 Å². The third-order valence-electron chi connectivity index (χ3n) is 0.678. The summed E-state index contributed by atoms with van der Waals surface area (Å²) in [5, 5.41) is 0. The Morgan fingerprint density at radius 3 is 2.33 bits per heavy atom. The summed E-state index contributed by atoms with van der Waals surface area (Å²) >= 11 is 4.81. The van der Waals surface area contributed by atoms with Crippen LogP contribution < -0.4 is 0 Å². The summed E-state index contributed by atoms with van der Waals surface area (Å²) in [6, 6.07) is 0. The van der Waals surface area contributed by atoms with Crippen LogP contribution in [0.15, 0.2) is 0 Å². The number of carbonyl (C=O) groups excluding carboxylic acids is 1. The van der Waals surface area contributed by atoms with Crippen molar-refractivity contribution in [3.8, 4) is 0 Å². The molecule has 0 aromatic heterocycles. The predicted molar refractivity (Wildman–Crippen MR) is 32.4 cm³/mol. The smallest absolute Gasteiger partial charge is 0.404 e. The fourth-order valence-electron chi connectivity index (χ4n) is 0.245. The van der Waals surface area contributed by atoms with Crippen LogP contribution in [0.1, 0.15) is 13.8 Å². The summed E-state index contributed by atoms with van der Waals surface area (Å²) in [4.78, 5) is 9.99. The fourth-order valence-corrected chi connectivity index (χ4v) is 0.453. The summed E-state index contributed by atoms with van der Waals surface area (Å²) < 4.78 is 16.1. The summed E-state index contributed by atoms with van der Waals surface area (Å²) in [6.07, 6.45) is 0. The molecule has 2 nitrogen and oxygen atoms in total. The van der Waals surface area contributed by atoms with Gasteiger partial charge in [0.05, 0.1) is 0 Å². The monoisotopic (exact) mass is 154 g/mol. The lowest BCUT2D eigenvalue weighted by molar-refractivity contribution is 0.0365. The first-order chi connectivity index (χ1) is 3.98. The van der Waals surface area contributed by atoms with Crippen molar-refractivity contribution in [2.75, 3.05) is 6.67 Å². The molecule has 0 amide bonds. The molecule has 0 aliphatic rings. The molecule has 0 aromatic rings. The normalized spacial score (nSPS) is 11.1. The standard InChI is InChI=1S/C5H8ClFO2/c1-5(2,3-7)9-4(6)8/h3H2,1-2H3. The second kappa shape index (κ2) is 3.01. The second-order valence-electron chi connectivity index (χ2n) is 2.23. The Kier molecular flexibility index (Phi) is 2.91. The highest BCUT2D eigenvalue weighted by molar-refractivity contribution is 6.61. The maximum atomic E-state index is 11.8. The van der Waals surface area contributed by atoms with Crippen molar-refractivity contribution in [3.63, 3.8) is 0 Å². The molecule has 0 N–H and O–H groups in total. The molecule has 0 fully saturated rings. The lowest BCUT2D eigenvalue weighted by atomic mass is 10.2. The fraction of sp³-hybridized carbons (Fsp3) is 0.800. The molecule has 0 heterocycles. The topological polar surface area (TPSA) is 26.3 Å².